The predicted octanol–water partition coefficient (Wildman–Crippen LogP) is -0.0798. The maximum absolute atomic E-state index is 10.3. The highest BCUT2D eigenvalue weighted by atomic mass is 16.7. The van der Waals surface area contributed by atoms with Crippen LogP contribution in [0.25, 0.3) is 0 Å². The van der Waals surface area contributed by atoms with E-state index in [1.807, 2.05) is 0 Å². The minimum Gasteiger partial charge on any atom is -0.393 e. The number of nitrogens with zero attached hydrogens (tertiary/aromatic N) is 2. The second-order valence-corrected chi connectivity index (χ2v) is 5.37. The standard InChI is InChI=1S/C12H20N2O7/c15-7-1-8(4-13-17)20-12(2-7)21-9-3-10(16)11(5-14-18)19-6-9/h7-12,15-16H,1-6H2/t7-,8-,9-,10+,11-,12-/m1/s1. The van der Waals surface area contributed by atoms with Crippen molar-refractivity contribution in [2.24, 2.45) is 10.4 Å². The summed E-state index contributed by atoms with van der Waals surface area (Å²) in [6.07, 6.45) is -2.63. The average Bonchev–Trinajstić information content (AvgIpc) is 2.42. The molecule has 9 nitrogen and oxygen atoms in total. The number of aliphatic hydroxyl groups excluding tert-OH is 2. The largest absolute Gasteiger partial charge is 0.393 e. The van der Waals surface area contributed by atoms with Crippen LogP contribution < -0.4 is 0 Å². The summed E-state index contributed by atoms with van der Waals surface area (Å²) in [5.74, 6) is 0. The molecule has 2 N–H and O–H groups in total. The summed E-state index contributed by atoms with van der Waals surface area (Å²) in [4.78, 5) is 20.5. The molecule has 0 spiro atoms. The van der Waals surface area contributed by atoms with E-state index < -0.39 is 36.8 Å². The Morgan fingerprint density at radius 3 is 2.52 bits per heavy atom. The fraction of sp³-hybridized carbons (Fsp3) is 1.00. The SMILES string of the molecule is O=NC[C@H]1C[C@@H](O)C[C@@H](O[C@H]2CO[C@H](CN=O)[C@@H](O)C2)O1. The Balaban J connectivity index is 1.81. The summed E-state index contributed by atoms with van der Waals surface area (Å²) < 4.78 is 16.5. The Hall–Kier alpha value is -1.00. The van der Waals surface area contributed by atoms with Gasteiger partial charge >= 0.3 is 0 Å². The van der Waals surface area contributed by atoms with Gasteiger partial charge in [0.2, 0.25) is 0 Å². The van der Waals surface area contributed by atoms with Gasteiger partial charge in [-0.05, 0) is 0 Å². The predicted molar refractivity (Wildman–Crippen MR) is 70.5 cm³/mol. The highest BCUT2D eigenvalue weighted by molar-refractivity contribution is 4.82. The van der Waals surface area contributed by atoms with Crippen LogP contribution in [0, 0.1) is 9.81 Å². The van der Waals surface area contributed by atoms with Crippen molar-refractivity contribution in [3.8, 4) is 0 Å². The van der Waals surface area contributed by atoms with Gasteiger partial charge in [0, 0.05) is 19.3 Å². The number of rotatable bonds is 6. The van der Waals surface area contributed by atoms with Crippen LogP contribution in [-0.2, 0) is 14.2 Å². The first-order valence-electron chi connectivity index (χ1n) is 6.99. The number of aliphatic hydroxyl groups is 2. The van der Waals surface area contributed by atoms with Gasteiger partial charge in [-0.1, -0.05) is 10.4 Å². The van der Waals surface area contributed by atoms with E-state index >= 15 is 0 Å². The van der Waals surface area contributed by atoms with E-state index in [4.69, 9.17) is 14.2 Å². The molecular weight excluding hydrogens is 284 g/mol. The van der Waals surface area contributed by atoms with Crippen molar-refractivity contribution in [3.05, 3.63) is 9.81 Å². The van der Waals surface area contributed by atoms with E-state index in [9.17, 15) is 20.0 Å². The van der Waals surface area contributed by atoms with Crippen molar-refractivity contribution in [1.29, 1.82) is 0 Å². The molecule has 2 aliphatic rings. The van der Waals surface area contributed by atoms with E-state index in [-0.39, 0.29) is 19.7 Å². The fourth-order valence-electron chi connectivity index (χ4n) is 2.62. The Morgan fingerprint density at radius 2 is 1.86 bits per heavy atom. The molecular formula is C12H20N2O7. The van der Waals surface area contributed by atoms with Gasteiger partial charge in [-0.2, -0.15) is 9.81 Å². The molecule has 0 saturated carbocycles. The number of ether oxygens (including phenoxy) is 3. The Labute approximate surface area is 121 Å². The number of hydrogen-bond donors (Lipinski definition) is 2. The van der Waals surface area contributed by atoms with Crippen LogP contribution in [0.5, 0.6) is 0 Å². The number of hydrogen-bond acceptors (Lipinski definition) is 9. The van der Waals surface area contributed by atoms with E-state index in [0.717, 1.165) is 0 Å². The maximum Gasteiger partial charge on any atom is 0.161 e. The van der Waals surface area contributed by atoms with Gasteiger partial charge in [0.25, 0.3) is 0 Å². The van der Waals surface area contributed by atoms with Crippen LogP contribution in [-0.4, -0.2) is 66.7 Å². The third kappa shape index (κ3) is 4.75. The molecule has 0 amide bonds. The van der Waals surface area contributed by atoms with Crippen molar-refractivity contribution in [2.45, 2.75) is 56.1 Å². The second kappa shape index (κ2) is 7.85. The van der Waals surface area contributed by atoms with Gasteiger partial charge in [0.05, 0.1) is 31.0 Å². The van der Waals surface area contributed by atoms with Crippen molar-refractivity contribution in [1.82, 2.24) is 0 Å². The minimum absolute atomic E-state index is 0.0339. The molecule has 0 aromatic heterocycles. The van der Waals surface area contributed by atoms with Crippen LogP contribution in [0.15, 0.2) is 10.4 Å². The van der Waals surface area contributed by atoms with Crippen molar-refractivity contribution >= 4 is 0 Å². The second-order valence-electron chi connectivity index (χ2n) is 5.37. The molecule has 0 aromatic rings. The summed E-state index contributed by atoms with van der Waals surface area (Å²) in [6.45, 7) is 0.0806. The lowest BCUT2D eigenvalue weighted by Gasteiger charge is -2.37. The zero-order valence-corrected chi connectivity index (χ0v) is 11.5. The Morgan fingerprint density at radius 1 is 1.10 bits per heavy atom. The molecule has 6 atom stereocenters. The first-order valence-corrected chi connectivity index (χ1v) is 6.99. The highest BCUT2D eigenvalue weighted by Crippen LogP contribution is 2.25. The van der Waals surface area contributed by atoms with Crippen molar-refractivity contribution < 1.29 is 24.4 Å². The molecule has 2 fully saturated rings. The molecule has 2 saturated heterocycles. The van der Waals surface area contributed by atoms with Crippen molar-refractivity contribution in [2.75, 3.05) is 19.7 Å². The van der Waals surface area contributed by atoms with E-state index in [1.165, 1.54) is 0 Å². The molecule has 0 aromatic carbocycles. The summed E-state index contributed by atoms with van der Waals surface area (Å²) in [5.41, 5.74) is 0. The summed E-state index contributed by atoms with van der Waals surface area (Å²) in [7, 11) is 0. The maximum atomic E-state index is 10.3. The molecule has 2 heterocycles. The van der Waals surface area contributed by atoms with Gasteiger partial charge in [-0.3, -0.25) is 0 Å². The molecule has 0 radical (unpaired) electrons. The van der Waals surface area contributed by atoms with Crippen LogP contribution in [0.1, 0.15) is 19.3 Å². The fourth-order valence-corrected chi connectivity index (χ4v) is 2.62. The normalized spacial score (nSPS) is 40.7. The van der Waals surface area contributed by atoms with Crippen LogP contribution >= 0.6 is 0 Å². The zero-order chi connectivity index (χ0) is 15.2. The number of nitroso groups, excluding NO2 is 2. The van der Waals surface area contributed by atoms with E-state index in [1.54, 1.807) is 0 Å². The van der Waals surface area contributed by atoms with Gasteiger partial charge in [-0.25, -0.2) is 0 Å². The molecule has 2 rings (SSSR count). The van der Waals surface area contributed by atoms with Crippen molar-refractivity contribution in [3.63, 3.8) is 0 Å². The quantitative estimate of drug-likeness (QED) is 0.657. The van der Waals surface area contributed by atoms with Gasteiger partial charge in [-0.15, -0.1) is 0 Å². The Kier molecular flexibility index (Phi) is 6.12. The van der Waals surface area contributed by atoms with E-state index in [0.29, 0.717) is 19.3 Å². The van der Waals surface area contributed by atoms with Crippen LogP contribution in [0.3, 0.4) is 0 Å². The summed E-state index contributed by atoms with van der Waals surface area (Å²) >= 11 is 0. The lowest BCUT2D eigenvalue weighted by Crippen LogP contribution is -2.47. The van der Waals surface area contributed by atoms with Gasteiger partial charge in [0.1, 0.15) is 19.2 Å². The molecule has 0 bridgehead atoms. The highest BCUT2D eigenvalue weighted by Gasteiger charge is 2.35. The summed E-state index contributed by atoms with van der Waals surface area (Å²) in [6, 6.07) is 0. The lowest BCUT2D eigenvalue weighted by atomic mass is 10.0. The van der Waals surface area contributed by atoms with Gasteiger partial charge < -0.3 is 24.4 Å². The van der Waals surface area contributed by atoms with E-state index in [2.05, 4.69) is 10.4 Å². The van der Waals surface area contributed by atoms with Crippen LogP contribution in [0.2, 0.25) is 0 Å². The lowest BCUT2D eigenvalue weighted by molar-refractivity contribution is -0.254. The topological polar surface area (TPSA) is 127 Å². The minimum atomic E-state index is -0.831. The summed E-state index contributed by atoms with van der Waals surface area (Å²) in [5, 5.41) is 25.1. The molecule has 2 aliphatic heterocycles. The molecule has 120 valence electrons. The molecule has 9 heteroatoms. The first kappa shape index (κ1) is 16.4. The molecule has 0 aliphatic carbocycles. The third-order valence-corrected chi connectivity index (χ3v) is 3.65. The third-order valence-electron chi connectivity index (χ3n) is 3.65. The smallest absolute Gasteiger partial charge is 0.161 e. The molecule has 0 unspecified atom stereocenters. The average molecular weight is 304 g/mol. The zero-order valence-electron chi connectivity index (χ0n) is 11.5. The monoisotopic (exact) mass is 304 g/mol. The Bertz CT molecular complexity index is 356. The van der Waals surface area contributed by atoms with Gasteiger partial charge in [0.15, 0.2) is 6.29 Å². The first-order chi connectivity index (χ1) is 10.1. The van der Waals surface area contributed by atoms with Crippen LogP contribution in [0.4, 0.5) is 0 Å². The molecule has 21 heavy (non-hydrogen) atoms.